The van der Waals surface area contributed by atoms with Crippen LogP contribution in [-0.2, 0) is 16.6 Å². The SMILES string of the molecule is C=CCn1c(C(=O)NS(=O)(=O)c2ccc(C)cc2)cc2ccccc21. The van der Waals surface area contributed by atoms with Crippen molar-refractivity contribution < 1.29 is 13.2 Å². The summed E-state index contributed by atoms with van der Waals surface area (Å²) in [4.78, 5) is 12.7. The minimum Gasteiger partial charge on any atom is -0.333 e. The van der Waals surface area contributed by atoms with Crippen LogP contribution in [-0.4, -0.2) is 18.9 Å². The number of aromatic nitrogens is 1. The number of aryl methyl sites for hydroxylation is 1. The predicted octanol–water partition coefficient (Wildman–Crippen LogP) is 3.25. The highest BCUT2D eigenvalue weighted by Crippen LogP contribution is 2.20. The van der Waals surface area contributed by atoms with Crippen LogP contribution in [0, 0.1) is 6.92 Å². The van der Waals surface area contributed by atoms with E-state index in [1.54, 1.807) is 28.8 Å². The molecule has 0 saturated carbocycles. The van der Waals surface area contributed by atoms with Crippen LogP contribution < -0.4 is 4.72 Å². The Hall–Kier alpha value is -2.86. The normalized spacial score (nSPS) is 11.4. The number of rotatable bonds is 5. The zero-order chi connectivity index (χ0) is 18.0. The van der Waals surface area contributed by atoms with Gasteiger partial charge in [0.2, 0.25) is 0 Å². The number of para-hydroxylation sites is 1. The number of amides is 1. The number of benzene rings is 2. The lowest BCUT2D eigenvalue weighted by molar-refractivity contribution is 0.0973. The Morgan fingerprint density at radius 3 is 2.52 bits per heavy atom. The van der Waals surface area contributed by atoms with Gasteiger partial charge in [-0.1, -0.05) is 42.0 Å². The molecule has 0 aliphatic rings. The van der Waals surface area contributed by atoms with Crippen LogP contribution in [0.4, 0.5) is 0 Å². The maximum absolute atomic E-state index is 12.6. The molecule has 0 unspecified atom stereocenters. The van der Waals surface area contributed by atoms with E-state index in [4.69, 9.17) is 0 Å². The lowest BCUT2D eigenvalue weighted by Gasteiger charge is -2.10. The van der Waals surface area contributed by atoms with Gasteiger partial charge in [-0.2, -0.15) is 0 Å². The molecule has 6 heteroatoms. The minimum atomic E-state index is -3.93. The summed E-state index contributed by atoms with van der Waals surface area (Å²) in [6.45, 7) is 5.97. The second kappa shape index (κ2) is 6.57. The van der Waals surface area contributed by atoms with Crippen molar-refractivity contribution in [1.29, 1.82) is 0 Å². The van der Waals surface area contributed by atoms with Gasteiger partial charge in [0.25, 0.3) is 15.9 Å². The Kier molecular flexibility index (Phi) is 4.46. The maximum atomic E-state index is 12.6. The first-order chi connectivity index (χ1) is 11.9. The van der Waals surface area contributed by atoms with E-state index >= 15 is 0 Å². The van der Waals surface area contributed by atoms with E-state index in [-0.39, 0.29) is 10.6 Å². The Balaban J connectivity index is 1.98. The van der Waals surface area contributed by atoms with Gasteiger partial charge in [0.15, 0.2) is 0 Å². The number of nitrogens with zero attached hydrogens (tertiary/aromatic N) is 1. The van der Waals surface area contributed by atoms with Crippen molar-refractivity contribution in [3.63, 3.8) is 0 Å². The van der Waals surface area contributed by atoms with Crippen LogP contribution in [0.1, 0.15) is 16.1 Å². The first-order valence-corrected chi connectivity index (χ1v) is 9.23. The molecular formula is C19H18N2O3S. The molecule has 1 aromatic heterocycles. The molecule has 0 aliphatic heterocycles. The van der Waals surface area contributed by atoms with Crippen molar-refractivity contribution in [2.45, 2.75) is 18.4 Å². The topological polar surface area (TPSA) is 68.2 Å². The van der Waals surface area contributed by atoms with E-state index in [9.17, 15) is 13.2 Å². The van der Waals surface area contributed by atoms with Crippen LogP contribution in [0.15, 0.2) is 72.1 Å². The summed E-state index contributed by atoms with van der Waals surface area (Å²) >= 11 is 0. The summed E-state index contributed by atoms with van der Waals surface area (Å²) in [5, 5.41) is 0.863. The lowest BCUT2D eigenvalue weighted by Crippen LogP contribution is -2.32. The number of sulfonamides is 1. The first-order valence-electron chi connectivity index (χ1n) is 7.75. The van der Waals surface area contributed by atoms with Gasteiger partial charge in [-0.3, -0.25) is 4.79 Å². The predicted molar refractivity (Wildman–Crippen MR) is 98.0 cm³/mol. The Morgan fingerprint density at radius 2 is 1.84 bits per heavy atom. The zero-order valence-electron chi connectivity index (χ0n) is 13.8. The zero-order valence-corrected chi connectivity index (χ0v) is 14.6. The van der Waals surface area contributed by atoms with Crippen LogP contribution in [0.25, 0.3) is 10.9 Å². The Bertz CT molecular complexity index is 1050. The third kappa shape index (κ3) is 3.34. The van der Waals surface area contributed by atoms with Crippen LogP contribution in [0.5, 0.6) is 0 Å². The van der Waals surface area contributed by atoms with Crippen molar-refractivity contribution in [3.05, 3.63) is 78.5 Å². The fraction of sp³-hybridized carbons (Fsp3) is 0.105. The highest BCUT2D eigenvalue weighted by Gasteiger charge is 2.22. The van der Waals surface area contributed by atoms with Crippen molar-refractivity contribution in [3.8, 4) is 0 Å². The summed E-state index contributed by atoms with van der Waals surface area (Å²) in [6.07, 6.45) is 1.66. The van der Waals surface area contributed by atoms with Gasteiger partial charge in [-0.05, 0) is 31.2 Å². The summed E-state index contributed by atoms with van der Waals surface area (Å²) in [5.41, 5.74) is 2.06. The molecule has 0 aliphatic carbocycles. The second-order valence-corrected chi connectivity index (χ2v) is 7.42. The molecule has 0 bridgehead atoms. The third-order valence-corrected chi connectivity index (χ3v) is 5.26. The number of fused-ring (bicyclic) bond motifs is 1. The standard InChI is InChI=1S/C19H18N2O3S/c1-3-12-21-17-7-5-4-6-15(17)13-18(21)19(22)20-25(23,24)16-10-8-14(2)9-11-16/h3-11,13H,1,12H2,2H3,(H,20,22). The van der Waals surface area contributed by atoms with Gasteiger partial charge in [-0.25, -0.2) is 13.1 Å². The van der Waals surface area contributed by atoms with E-state index in [1.165, 1.54) is 12.1 Å². The molecule has 2 aromatic carbocycles. The van der Waals surface area contributed by atoms with Crippen LogP contribution in [0.2, 0.25) is 0 Å². The number of nitrogens with one attached hydrogen (secondary N) is 1. The molecule has 25 heavy (non-hydrogen) atoms. The van der Waals surface area contributed by atoms with Gasteiger partial charge in [-0.15, -0.1) is 6.58 Å². The smallest absolute Gasteiger partial charge is 0.281 e. The molecular weight excluding hydrogens is 336 g/mol. The molecule has 1 amide bonds. The fourth-order valence-electron chi connectivity index (χ4n) is 2.67. The molecule has 1 N–H and O–H groups in total. The summed E-state index contributed by atoms with van der Waals surface area (Å²) in [7, 11) is -3.93. The van der Waals surface area contributed by atoms with Gasteiger partial charge < -0.3 is 4.57 Å². The number of hydrogen-bond acceptors (Lipinski definition) is 3. The lowest BCUT2D eigenvalue weighted by atomic mass is 10.2. The number of hydrogen-bond donors (Lipinski definition) is 1. The van der Waals surface area contributed by atoms with Crippen molar-refractivity contribution in [2.75, 3.05) is 0 Å². The second-order valence-electron chi connectivity index (χ2n) is 5.74. The average Bonchev–Trinajstić information content (AvgIpc) is 2.94. The highest BCUT2D eigenvalue weighted by atomic mass is 32.2. The molecule has 0 spiro atoms. The third-order valence-electron chi connectivity index (χ3n) is 3.91. The van der Waals surface area contributed by atoms with Gasteiger partial charge in [0, 0.05) is 17.4 Å². The van der Waals surface area contributed by atoms with Crippen LogP contribution >= 0.6 is 0 Å². The number of allylic oxidation sites excluding steroid dienone is 1. The number of carbonyl (C=O) groups is 1. The van der Waals surface area contributed by atoms with Crippen molar-refractivity contribution >= 4 is 26.8 Å². The molecule has 1 heterocycles. The van der Waals surface area contributed by atoms with Gasteiger partial charge in [0.1, 0.15) is 5.69 Å². The highest BCUT2D eigenvalue weighted by molar-refractivity contribution is 7.90. The van der Waals surface area contributed by atoms with E-state index in [2.05, 4.69) is 11.3 Å². The summed E-state index contributed by atoms with van der Waals surface area (Å²) < 4.78 is 28.8. The van der Waals surface area contributed by atoms with Gasteiger partial charge in [0.05, 0.1) is 4.90 Å². The molecule has 128 valence electrons. The first kappa shape index (κ1) is 17.0. The van der Waals surface area contributed by atoms with E-state index in [1.807, 2.05) is 31.2 Å². The van der Waals surface area contributed by atoms with Gasteiger partial charge >= 0.3 is 0 Å². The molecule has 0 saturated heterocycles. The number of carbonyl (C=O) groups excluding carboxylic acids is 1. The average molecular weight is 354 g/mol. The maximum Gasteiger partial charge on any atom is 0.281 e. The molecule has 3 aromatic rings. The minimum absolute atomic E-state index is 0.0535. The molecule has 5 nitrogen and oxygen atoms in total. The van der Waals surface area contributed by atoms with E-state index in [0.717, 1.165) is 16.5 Å². The quantitative estimate of drug-likeness (QED) is 0.715. The van der Waals surface area contributed by atoms with Crippen LogP contribution in [0.3, 0.4) is 0 Å². The Labute approximate surface area is 146 Å². The van der Waals surface area contributed by atoms with Crippen molar-refractivity contribution in [2.24, 2.45) is 0 Å². The summed E-state index contributed by atoms with van der Waals surface area (Å²) in [5.74, 6) is -0.668. The molecule has 0 radical (unpaired) electrons. The van der Waals surface area contributed by atoms with Crippen molar-refractivity contribution in [1.82, 2.24) is 9.29 Å². The fourth-order valence-corrected chi connectivity index (χ4v) is 3.64. The molecule has 0 fully saturated rings. The largest absolute Gasteiger partial charge is 0.333 e. The Morgan fingerprint density at radius 1 is 1.16 bits per heavy atom. The monoisotopic (exact) mass is 354 g/mol. The molecule has 3 rings (SSSR count). The molecule has 0 atom stereocenters. The summed E-state index contributed by atoms with van der Waals surface area (Å²) in [6, 6.07) is 15.5. The van der Waals surface area contributed by atoms with E-state index < -0.39 is 15.9 Å². The van der Waals surface area contributed by atoms with E-state index in [0.29, 0.717) is 6.54 Å².